The minimum Gasteiger partial charge on any atom is -0.256 e. The highest BCUT2D eigenvalue weighted by Crippen LogP contribution is 2.40. The quantitative estimate of drug-likeness (QED) is 0.296. The van der Waals surface area contributed by atoms with E-state index in [-0.39, 0.29) is 11.4 Å². The van der Waals surface area contributed by atoms with Gasteiger partial charge in [0, 0.05) is 17.1 Å². The first-order chi connectivity index (χ1) is 14.9. The number of halogens is 4. The van der Waals surface area contributed by atoms with Crippen LogP contribution in [0.4, 0.5) is 17.6 Å². The topological polar surface area (TPSA) is 12.9 Å². The first kappa shape index (κ1) is 21.0. The fourth-order valence-electron chi connectivity index (χ4n) is 3.79. The number of nitrogens with zero attached hydrogens (tertiary/aromatic N) is 1. The fourth-order valence-corrected chi connectivity index (χ4v) is 3.79. The van der Waals surface area contributed by atoms with Gasteiger partial charge in [-0.3, -0.25) is 4.98 Å². The first-order valence-electron chi connectivity index (χ1n) is 10.2. The average Bonchev–Trinajstić information content (AvgIpc) is 2.76. The molecule has 0 atom stereocenters. The number of unbranched alkanes of at least 4 members (excludes halogenated alkanes) is 1. The summed E-state index contributed by atoms with van der Waals surface area (Å²) in [6, 6.07) is 17.3. The molecule has 0 radical (unpaired) electrons. The smallest absolute Gasteiger partial charge is 0.256 e. The Morgan fingerprint density at radius 3 is 2.29 bits per heavy atom. The minimum absolute atomic E-state index is 0.105. The summed E-state index contributed by atoms with van der Waals surface area (Å²) in [4.78, 5) is 4.38. The molecule has 0 aliphatic carbocycles. The van der Waals surface area contributed by atoms with Crippen LogP contribution < -0.4 is 0 Å². The molecule has 0 saturated carbocycles. The van der Waals surface area contributed by atoms with Crippen molar-refractivity contribution in [2.24, 2.45) is 0 Å². The van der Waals surface area contributed by atoms with Crippen molar-refractivity contribution in [2.45, 2.75) is 32.4 Å². The lowest BCUT2D eigenvalue weighted by Crippen LogP contribution is -2.07. The Kier molecular flexibility index (Phi) is 5.77. The Bertz CT molecular complexity index is 1210. The zero-order valence-corrected chi connectivity index (χ0v) is 17.0. The molecular weight excluding hydrogens is 402 g/mol. The molecule has 1 nitrogen and oxygen atoms in total. The standard InChI is InChI=1S/C26H21F4N/c1-2-3-4-17-5-7-18(8-6-17)23-16-20(9-12-24(23)26(28,29)30)25-22-11-10-21(27)15-19(22)13-14-31-25/h5-16H,2-4H2,1H3. The number of fused-ring (bicyclic) bond motifs is 1. The molecule has 0 saturated heterocycles. The third-order valence-corrected chi connectivity index (χ3v) is 5.41. The second kappa shape index (κ2) is 8.50. The van der Waals surface area contributed by atoms with Crippen molar-refractivity contribution in [1.29, 1.82) is 0 Å². The molecule has 0 aliphatic rings. The van der Waals surface area contributed by atoms with Gasteiger partial charge in [0.05, 0.1) is 11.3 Å². The van der Waals surface area contributed by atoms with E-state index in [0.29, 0.717) is 27.6 Å². The number of benzene rings is 3. The number of rotatable bonds is 5. The average molecular weight is 423 g/mol. The van der Waals surface area contributed by atoms with E-state index in [0.717, 1.165) is 30.9 Å². The van der Waals surface area contributed by atoms with E-state index < -0.39 is 11.7 Å². The molecule has 0 bridgehead atoms. The van der Waals surface area contributed by atoms with Gasteiger partial charge in [-0.15, -0.1) is 0 Å². The van der Waals surface area contributed by atoms with Crippen LogP contribution in [0, 0.1) is 5.82 Å². The highest BCUT2D eigenvalue weighted by atomic mass is 19.4. The zero-order chi connectivity index (χ0) is 22.0. The maximum Gasteiger partial charge on any atom is 0.417 e. The Morgan fingerprint density at radius 1 is 0.839 bits per heavy atom. The summed E-state index contributed by atoms with van der Waals surface area (Å²) in [7, 11) is 0. The molecule has 3 aromatic carbocycles. The lowest BCUT2D eigenvalue weighted by atomic mass is 9.93. The summed E-state index contributed by atoms with van der Waals surface area (Å²) in [6.07, 6.45) is 0.0559. The van der Waals surface area contributed by atoms with Gasteiger partial charge in [-0.1, -0.05) is 43.7 Å². The number of aromatic nitrogens is 1. The van der Waals surface area contributed by atoms with Crippen molar-refractivity contribution >= 4 is 10.8 Å². The Labute approximate surface area is 178 Å². The van der Waals surface area contributed by atoms with Crippen LogP contribution in [0.15, 0.2) is 72.9 Å². The summed E-state index contributed by atoms with van der Waals surface area (Å²) in [5, 5.41) is 1.33. The van der Waals surface area contributed by atoms with Crippen LogP contribution in [-0.4, -0.2) is 4.98 Å². The molecule has 0 fully saturated rings. The van der Waals surface area contributed by atoms with Crippen molar-refractivity contribution in [1.82, 2.24) is 4.98 Å². The summed E-state index contributed by atoms with van der Waals surface area (Å²) in [5.41, 5.74) is 2.09. The third-order valence-electron chi connectivity index (χ3n) is 5.41. The number of aryl methyl sites for hydroxylation is 1. The van der Waals surface area contributed by atoms with E-state index in [9.17, 15) is 17.6 Å². The van der Waals surface area contributed by atoms with E-state index in [1.54, 1.807) is 24.3 Å². The molecule has 1 heterocycles. The van der Waals surface area contributed by atoms with Gasteiger partial charge in [0.25, 0.3) is 0 Å². The third kappa shape index (κ3) is 4.46. The Balaban J connectivity index is 1.85. The van der Waals surface area contributed by atoms with Crippen molar-refractivity contribution in [2.75, 3.05) is 0 Å². The number of alkyl halides is 3. The Hall–Kier alpha value is -3.21. The van der Waals surface area contributed by atoms with Crippen LogP contribution in [-0.2, 0) is 12.6 Å². The maximum absolute atomic E-state index is 13.8. The van der Waals surface area contributed by atoms with Crippen LogP contribution in [0.25, 0.3) is 33.2 Å². The predicted molar refractivity (Wildman–Crippen MR) is 116 cm³/mol. The summed E-state index contributed by atoms with van der Waals surface area (Å²) < 4.78 is 54.9. The summed E-state index contributed by atoms with van der Waals surface area (Å²) in [5.74, 6) is -0.374. The van der Waals surface area contributed by atoms with Gasteiger partial charge in [-0.2, -0.15) is 13.2 Å². The van der Waals surface area contributed by atoms with Gasteiger partial charge in [0.1, 0.15) is 5.82 Å². The van der Waals surface area contributed by atoms with Crippen molar-refractivity contribution in [3.63, 3.8) is 0 Å². The first-order valence-corrected chi connectivity index (χ1v) is 10.2. The zero-order valence-electron chi connectivity index (χ0n) is 17.0. The van der Waals surface area contributed by atoms with Crippen LogP contribution in [0.2, 0.25) is 0 Å². The SMILES string of the molecule is CCCCc1ccc(-c2cc(-c3nccc4cc(F)ccc34)ccc2C(F)(F)F)cc1. The molecule has 0 unspecified atom stereocenters. The van der Waals surface area contributed by atoms with E-state index in [1.807, 2.05) is 12.1 Å². The van der Waals surface area contributed by atoms with Crippen molar-refractivity contribution < 1.29 is 17.6 Å². The van der Waals surface area contributed by atoms with Crippen LogP contribution in [0.1, 0.15) is 30.9 Å². The molecule has 0 N–H and O–H groups in total. The predicted octanol–water partition coefficient (Wildman–Crippen LogP) is 8.07. The maximum atomic E-state index is 13.8. The summed E-state index contributed by atoms with van der Waals surface area (Å²) in [6.45, 7) is 2.10. The second-order valence-electron chi connectivity index (χ2n) is 7.58. The molecular formula is C26H21F4N. The van der Waals surface area contributed by atoms with E-state index in [2.05, 4.69) is 11.9 Å². The van der Waals surface area contributed by atoms with Gasteiger partial charge in [0.15, 0.2) is 0 Å². The lowest BCUT2D eigenvalue weighted by molar-refractivity contribution is -0.137. The van der Waals surface area contributed by atoms with Gasteiger partial charge in [-0.05, 0) is 71.3 Å². The minimum atomic E-state index is -4.48. The molecule has 158 valence electrons. The van der Waals surface area contributed by atoms with Crippen LogP contribution in [0.3, 0.4) is 0 Å². The van der Waals surface area contributed by atoms with Gasteiger partial charge in [-0.25, -0.2) is 4.39 Å². The second-order valence-corrected chi connectivity index (χ2v) is 7.58. The van der Waals surface area contributed by atoms with Crippen molar-refractivity contribution in [3.8, 4) is 22.4 Å². The van der Waals surface area contributed by atoms with Crippen LogP contribution in [0.5, 0.6) is 0 Å². The Morgan fingerprint density at radius 2 is 1.58 bits per heavy atom. The molecule has 1 aromatic heterocycles. The molecule has 4 aromatic rings. The highest BCUT2D eigenvalue weighted by molar-refractivity contribution is 5.95. The van der Waals surface area contributed by atoms with E-state index in [1.165, 1.54) is 30.5 Å². The normalized spacial score (nSPS) is 11.8. The fraction of sp³-hybridized carbons (Fsp3) is 0.192. The molecule has 31 heavy (non-hydrogen) atoms. The molecule has 0 amide bonds. The monoisotopic (exact) mass is 423 g/mol. The number of hydrogen-bond donors (Lipinski definition) is 0. The molecule has 5 heteroatoms. The lowest BCUT2D eigenvalue weighted by Gasteiger charge is -2.16. The molecule has 0 spiro atoms. The van der Waals surface area contributed by atoms with Gasteiger partial charge < -0.3 is 0 Å². The van der Waals surface area contributed by atoms with E-state index >= 15 is 0 Å². The summed E-state index contributed by atoms with van der Waals surface area (Å²) >= 11 is 0. The van der Waals surface area contributed by atoms with Gasteiger partial charge >= 0.3 is 6.18 Å². The van der Waals surface area contributed by atoms with E-state index in [4.69, 9.17) is 0 Å². The van der Waals surface area contributed by atoms with Gasteiger partial charge in [0.2, 0.25) is 0 Å². The number of pyridine rings is 1. The largest absolute Gasteiger partial charge is 0.417 e. The number of hydrogen-bond acceptors (Lipinski definition) is 1. The van der Waals surface area contributed by atoms with Crippen molar-refractivity contribution in [3.05, 3.63) is 89.9 Å². The molecule has 4 rings (SSSR count). The van der Waals surface area contributed by atoms with Crippen LogP contribution >= 0.6 is 0 Å². The molecule has 0 aliphatic heterocycles. The highest BCUT2D eigenvalue weighted by Gasteiger charge is 2.34.